The highest BCUT2D eigenvalue weighted by Gasteiger charge is 2.03. The molecule has 0 spiro atoms. The molecular weight excluding hydrogens is 268 g/mol. The number of rotatable bonds is 3. The molecule has 2 heteroatoms. The van der Waals surface area contributed by atoms with Crippen LogP contribution in [0.1, 0.15) is 16.8 Å². The maximum atomic E-state index is 9.23. The van der Waals surface area contributed by atoms with E-state index < -0.39 is 0 Å². The quantitative estimate of drug-likeness (QED) is 0.692. The summed E-state index contributed by atoms with van der Waals surface area (Å²) < 4.78 is 0. The lowest BCUT2D eigenvalue weighted by Gasteiger charge is -2.05. The first-order valence-corrected chi connectivity index (χ1v) is 7.05. The van der Waals surface area contributed by atoms with Gasteiger partial charge in [-0.2, -0.15) is 5.26 Å². The van der Waals surface area contributed by atoms with E-state index in [0.717, 1.165) is 22.4 Å². The average molecular weight is 282 g/mol. The summed E-state index contributed by atoms with van der Waals surface area (Å²) in [7, 11) is 0. The Balaban J connectivity index is 1.94. The van der Waals surface area contributed by atoms with Crippen LogP contribution in [0, 0.1) is 11.3 Å². The van der Waals surface area contributed by atoms with Gasteiger partial charge in [-0.25, -0.2) is 0 Å². The third-order valence-corrected chi connectivity index (χ3v) is 3.38. The molecule has 2 nitrogen and oxygen atoms in total. The van der Waals surface area contributed by atoms with Crippen LogP contribution >= 0.6 is 0 Å². The molecule has 0 aliphatic heterocycles. The fourth-order valence-corrected chi connectivity index (χ4v) is 2.30. The molecule has 0 saturated heterocycles. The number of benzene rings is 2. The summed E-state index contributed by atoms with van der Waals surface area (Å²) in [4.78, 5) is 4.27. The summed E-state index contributed by atoms with van der Waals surface area (Å²) in [6.45, 7) is 0. The summed E-state index contributed by atoms with van der Waals surface area (Å²) in [5, 5.41) is 9.23. The molecular formula is C20H14N2. The molecule has 3 rings (SSSR count). The molecule has 0 amide bonds. The number of aromatic nitrogens is 1. The van der Waals surface area contributed by atoms with Crippen molar-refractivity contribution in [3.63, 3.8) is 0 Å². The van der Waals surface area contributed by atoms with Crippen molar-refractivity contribution in [2.45, 2.75) is 0 Å². The van der Waals surface area contributed by atoms with Crippen molar-refractivity contribution in [3.8, 4) is 17.2 Å². The molecule has 0 saturated carbocycles. The van der Waals surface area contributed by atoms with Crippen molar-refractivity contribution in [1.82, 2.24) is 4.98 Å². The fraction of sp³-hybridized carbons (Fsp3) is 0. The maximum Gasteiger partial charge on any atom is 0.0998 e. The molecule has 0 radical (unpaired) electrons. The minimum absolute atomic E-state index is 0.688. The lowest BCUT2D eigenvalue weighted by atomic mass is 9.98. The third kappa shape index (κ3) is 3.11. The lowest BCUT2D eigenvalue weighted by Crippen LogP contribution is -1.84. The van der Waals surface area contributed by atoms with Gasteiger partial charge in [-0.1, -0.05) is 48.5 Å². The second-order valence-corrected chi connectivity index (χ2v) is 4.87. The summed E-state index contributed by atoms with van der Waals surface area (Å²) in [5.74, 6) is 0. The molecule has 104 valence electrons. The number of hydrogen-bond acceptors (Lipinski definition) is 2. The highest BCUT2D eigenvalue weighted by atomic mass is 14.6. The highest BCUT2D eigenvalue weighted by Crippen LogP contribution is 2.24. The SMILES string of the molecule is N#Cc1ccccc1-c1cccc(C=Cc2ccccn2)c1. The molecule has 22 heavy (non-hydrogen) atoms. The van der Waals surface area contributed by atoms with Gasteiger partial charge in [-0.3, -0.25) is 4.98 Å². The predicted octanol–water partition coefficient (Wildman–Crippen LogP) is 4.79. The van der Waals surface area contributed by atoms with Crippen LogP contribution < -0.4 is 0 Å². The van der Waals surface area contributed by atoms with Gasteiger partial charge in [0.1, 0.15) is 0 Å². The molecule has 2 aromatic carbocycles. The molecule has 0 fully saturated rings. The van der Waals surface area contributed by atoms with Crippen LogP contribution in [0.15, 0.2) is 72.9 Å². The van der Waals surface area contributed by atoms with Gasteiger partial charge in [0.05, 0.1) is 17.3 Å². The zero-order valence-electron chi connectivity index (χ0n) is 12.0. The number of nitrogens with zero attached hydrogens (tertiary/aromatic N) is 2. The van der Waals surface area contributed by atoms with E-state index in [1.54, 1.807) is 6.20 Å². The first-order valence-electron chi connectivity index (χ1n) is 7.05. The Morgan fingerprint density at radius 3 is 2.55 bits per heavy atom. The van der Waals surface area contributed by atoms with Crippen LogP contribution in [-0.2, 0) is 0 Å². The molecule has 0 N–H and O–H groups in total. The molecule has 3 aromatic rings. The number of hydrogen-bond donors (Lipinski definition) is 0. The molecule has 0 bridgehead atoms. The van der Waals surface area contributed by atoms with Crippen LogP contribution in [0.3, 0.4) is 0 Å². The third-order valence-electron chi connectivity index (χ3n) is 3.38. The van der Waals surface area contributed by atoms with Crippen molar-refractivity contribution < 1.29 is 0 Å². The minimum Gasteiger partial charge on any atom is -0.257 e. The zero-order chi connectivity index (χ0) is 15.2. The Morgan fingerprint density at radius 2 is 1.73 bits per heavy atom. The van der Waals surface area contributed by atoms with Crippen molar-refractivity contribution >= 4 is 12.2 Å². The summed E-state index contributed by atoms with van der Waals surface area (Å²) in [5.41, 5.74) is 4.69. The van der Waals surface area contributed by atoms with E-state index in [4.69, 9.17) is 0 Å². The van der Waals surface area contributed by atoms with Gasteiger partial charge in [-0.15, -0.1) is 0 Å². The van der Waals surface area contributed by atoms with Crippen LogP contribution in [0.5, 0.6) is 0 Å². The molecule has 1 heterocycles. The van der Waals surface area contributed by atoms with Gasteiger partial charge in [0.2, 0.25) is 0 Å². The summed E-state index contributed by atoms with van der Waals surface area (Å²) in [6.07, 6.45) is 5.79. The predicted molar refractivity (Wildman–Crippen MR) is 89.8 cm³/mol. The monoisotopic (exact) mass is 282 g/mol. The first kappa shape index (κ1) is 13.8. The minimum atomic E-state index is 0.688. The maximum absolute atomic E-state index is 9.23. The normalized spacial score (nSPS) is 10.5. The average Bonchev–Trinajstić information content (AvgIpc) is 2.61. The van der Waals surface area contributed by atoms with E-state index in [1.165, 1.54) is 0 Å². The Morgan fingerprint density at radius 1 is 0.864 bits per heavy atom. The Hall–Kier alpha value is -3.18. The Kier molecular flexibility index (Phi) is 4.08. The smallest absolute Gasteiger partial charge is 0.0998 e. The van der Waals surface area contributed by atoms with Crippen molar-refractivity contribution in [2.24, 2.45) is 0 Å². The Bertz CT molecular complexity index is 843. The van der Waals surface area contributed by atoms with E-state index in [-0.39, 0.29) is 0 Å². The van der Waals surface area contributed by atoms with E-state index in [2.05, 4.69) is 17.1 Å². The standard InChI is InChI=1S/C20H14N2/c21-15-18-7-1-2-10-20(18)17-8-5-6-16(14-17)11-12-19-9-3-4-13-22-19/h1-14H. The topological polar surface area (TPSA) is 36.7 Å². The molecule has 0 unspecified atom stereocenters. The van der Waals surface area contributed by atoms with Crippen LogP contribution in [-0.4, -0.2) is 4.98 Å². The van der Waals surface area contributed by atoms with E-state index in [0.29, 0.717) is 5.56 Å². The molecule has 0 aliphatic carbocycles. The van der Waals surface area contributed by atoms with E-state index >= 15 is 0 Å². The van der Waals surface area contributed by atoms with Gasteiger partial charge < -0.3 is 0 Å². The van der Waals surface area contributed by atoms with E-state index in [1.807, 2.05) is 72.8 Å². The second kappa shape index (κ2) is 6.51. The summed E-state index contributed by atoms with van der Waals surface area (Å²) >= 11 is 0. The van der Waals surface area contributed by atoms with Gasteiger partial charge in [0.15, 0.2) is 0 Å². The van der Waals surface area contributed by atoms with Crippen LogP contribution in [0.4, 0.5) is 0 Å². The fourth-order valence-electron chi connectivity index (χ4n) is 2.30. The highest BCUT2D eigenvalue weighted by molar-refractivity contribution is 5.75. The number of pyridine rings is 1. The van der Waals surface area contributed by atoms with Gasteiger partial charge >= 0.3 is 0 Å². The first-order chi connectivity index (χ1) is 10.9. The molecule has 1 aromatic heterocycles. The van der Waals surface area contributed by atoms with E-state index in [9.17, 15) is 5.26 Å². The van der Waals surface area contributed by atoms with Crippen molar-refractivity contribution in [1.29, 1.82) is 5.26 Å². The lowest BCUT2D eigenvalue weighted by molar-refractivity contribution is 1.30. The van der Waals surface area contributed by atoms with Gasteiger partial charge in [0, 0.05) is 6.20 Å². The van der Waals surface area contributed by atoms with Crippen LogP contribution in [0.25, 0.3) is 23.3 Å². The van der Waals surface area contributed by atoms with Crippen molar-refractivity contribution in [2.75, 3.05) is 0 Å². The second-order valence-electron chi connectivity index (χ2n) is 4.87. The zero-order valence-corrected chi connectivity index (χ0v) is 12.0. The number of nitriles is 1. The van der Waals surface area contributed by atoms with Crippen LogP contribution in [0.2, 0.25) is 0 Å². The Labute approximate surface area is 130 Å². The largest absolute Gasteiger partial charge is 0.257 e. The summed E-state index contributed by atoms with van der Waals surface area (Å²) in [6, 6.07) is 23.9. The van der Waals surface area contributed by atoms with Crippen molar-refractivity contribution in [3.05, 3.63) is 89.7 Å². The van der Waals surface area contributed by atoms with Gasteiger partial charge in [-0.05, 0) is 47.0 Å². The molecule has 0 atom stereocenters. The van der Waals surface area contributed by atoms with Gasteiger partial charge in [0.25, 0.3) is 0 Å². The molecule has 0 aliphatic rings.